The first kappa shape index (κ1) is 23.9. The highest BCUT2D eigenvalue weighted by Crippen LogP contribution is 2.39. The van der Waals surface area contributed by atoms with Gasteiger partial charge >= 0.3 is 0 Å². The molecule has 0 fully saturated rings. The molecule has 160 valence electrons. The lowest BCUT2D eigenvalue weighted by molar-refractivity contribution is 0.0257. The summed E-state index contributed by atoms with van der Waals surface area (Å²) in [7, 11) is 4.78. The third kappa shape index (κ3) is 6.78. The summed E-state index contributed by atoms with van der Waals surface area (Å²) in [6.45, 7) is 7.78. The number of benzene rings is 1. The first-order valence-electron chi connectivity index (χ1n) is 10.0. The van der Waals surface area contributed by atoms with Crippen molar-refractivity contribution in [3.63, 3.8) is 0 Å². The second-order valence-electron chi connectivity index (χ2n) is 6.77. The van der Waals surface area contributed by atoms with Gasteiger partial charge in [0.15, 0.2) is 17.5 Å². The maximum absolute atomic E-state index is 10.8. The lowest BCUT2D eigenvalue weighted by Crippen LogP contribution is -2.47. The predicted molar refractivity (Wildman–Crippen MR) is 114 cm³/mol. The number of methoxy groups -OCH3 is 3. The number of aliphatic hydroxyl groups is 1. The Morgan fingerprint density at radius 2 is 1.61 bits per heavy atom. The summed E-state index contributed by atoms with van der Waals surface area (Å²) in [5.41, 5.74) is 0.162. The van der Waals surface area contributed by atoms with E-state index in [2.05, 4.69) is 29.5 Å². The van der Waals surface area contributed by atoms with Crippen LogP contribution in [-0.4, -0.2) is 51.1 Å². The van der Waals surface area contributed by atoms with E-state index in [9.17, 15) is 5.11 Å². The second-order valence-corrected chi connectivity index (χ2v) is 6.77. The predicted octanol–water partition coefficient (Wildman–Crippen LogP) is 3.10. The van der Waals surface area contributed by atoms with Gasteiger partial charge in [0.2, 0.25) is 5.75 Å². The fourth-order valence-electron chi connectivity index (χ4n) is 3.27. The minimum Gasteiger partial charge on any atom is -0.493 e. The van der Waals surface area contributed by atoms with Crippen molar-refractivity contribution in [2.75, 3.05) is 34.4 Å². The van der Waals surface area contributed by atoms with Gasteiger partial charge in [-0.25, -0.2) is 4.99 Å². The number of hydrogen-bond donors (Lipinski definition) is 3. The van der Waals surface area contributed by atoms with E-state index in [-0.39, 0.29) is 0 Å². The van der Waals surface area contributed by atoms with Crippen molar-refractivity contribution in [2.45, 2.75) is 58.6 Å². The van der Waals surface area contributed by atoms with E-state index in [0.29, 0.717) is 36.3 Å². The van der Waals surface area contributed by atoms with Crippen molar-refractivity contribution in [3.05, 3.63) is 17.7 Å². The molecular weight excluding hydrogens is 358 g/mol. The number of ether oxygens (including phenoxy) is 3. The standard InChI is InChI=1S/C21H37N3O4/c1-7-12-21(25,13-8-2)15-24-20(22-9-3)23-14-16-10-11-17(26-4)19(28-6)18(16)27-5/h10-11,25H,7-9,12-15H2,1-6H3,(H2,22,23,24). The Hall–Kier alpha value is -2.15. The van der Waals surface area contributed by atoms with Crippen molar-refractivity contribution < 1.29 is 19.3 Å². The average molecular weight is 396 g/mol. The van der Waals surface area contributed by atoms with Crippen LogP contribution in [0.15, 0.2) is 17.1 Å². The minimum absolute atomic E-state index is 0.402. The third-order valence-corrected chi connectivity index (χ3v) is 4.55. The number of rotatable bonds is 12. The number of nitrogens with zero attached hydrogens (tertiary/aromatic N) is 1. The molecule has 0 aromatic heterocycles. The van der Waals surface area contributed by atoms with Gasteiger partial charge in [0, 0.05) is 18.7 Å². The van der Waals surface area contributed by atoms with Gasteiger partial charge in [0.25, 0.3) is 0 Å². The molecule has 3 N–H and O–H groups in total. The molecule has 7 heteroatoms. The van der Waals surface area contributed by atoms with Gasteiger partial charge in [-0.3, -0.25) is 0 Å². The molecule has 0 aliphatic carbocycles. The Morgan fingerprint density at radius 3 is 2.11 bits per heavy atom. The Morgan fingerprint density at radius 1 is 0.964 bits per heavy atom. The van der Waals surface area contributed by atoms with Crippen LogP contribution >= 0.6 is 0 Å². The van der Waals surface area contributed by atoms with Gasteiger partial charge in [-0.15, -0.1) is 0 Å². The molecule has 7 nitrogen and oxygen atoms in total. The van der Waals surface area contributed by atoms with Crippen LogP contribution in [0.25, 0.3) is 0 Å². The van der Waals surface area contributed by atoms with Crippen molar-refractivity contribution in [1.29, 1.82) is 0 Å². The molecule has 1 aromatic carbocycles. The van der Waals surface area contributed by atoms with E-state index in [0.717, 1.165) is 37.8 Å². The third-order valence-electron chi connectivity index (χ3n) is 4.55. The fourth-order valence-corrected chi connectivity index (χ4v) is 3.27. The maximum Gasteiger partial charge on any atom is 0.203 e. The fraction of sp³-hybridized carbons (Fsp3) is 0.667. The van der Waals surface area contributed by atoms with E-state index in [4.69, 9.17) is 14.2 Å². The second kappa shape index (κ2) is 12.3. The normalized spacial score (nSPS) is 11.9. The Labute approximate surface area is 169 Å². The molecule has 1 aromatic rings. The molecule has 0 amide bonds. The monoisotopic (exact) mass is 395 g/mol. The van der Waals surface area contributed by atoms with Gasteiger partial charge in [-0.2, -0.15) is 0 Å². The van der Waals surface area contributed by atoms with Crippen LogP contribution in [0, 0.1) is 0 Å². The van der Waals surface area contributed by atoms with E-state index < -0.39 is 5.60 Å². The number of aliphatic imine (C=N–C) groups is 1. The van der Waals surface area contributed by atoms with E-state index in [1.165, 1.54) is 0 Å². The zero-order chi connectivity index (χ0) is 21.0. The molecule has 0 bridgehead atoms. The highest BCUT2D eigenvalue weighted by molar-refractivity contribution is 5.79. The summed E-state index contributed by atoms with van der Waals surface area (Å²) in [5, 5.41) is 17.3. The maximum atomic E-state index is 10.8. The summed E-state index contributed by atoms with van der Waals surface area (Å²) in [4.78, 5) is 4.65. The first-order chi connectivity index (χ1) is 13.5. The van der Waals surface area contributed by atoms with Crippen molar-refractivity contribution in [3.8, 4) is 17.2 Å². The van der Waals surface area contributed by atoms with Gasteiger partial charge in [-0.1, -0.05) is 26.7 Å². The molecule has 0 atom stereocenters. The molecule has 0 radical (unpaired) electrons. The van der Waals surface area contributed by atoms with Crippen LogP contribution in [0.3, 0.4) is 0 Å². The van der Waals surface area contributed by atoms with Crippen LogP contribution in [0.1, 0.15) is 52.0 Å². The highest BCUT2D eigenvalue weighted by Gasteiger charge is 2.25. The van der Waals surface area contributed by atoms with Crippen LogP contribution in [0.4, 0.5) is 0 Å². The molecule has 0 aliphatic heterocycles. The summed E-state index contributed by atoms with van der Waals surface area (Å²) in [6.07, 6.45) is 3.40. The molecule has 0 unspecified atom stereocenters. The quantitative estimate of drug-likeness (QED) is 0.373. The SMILES string of the molecule is CCCC(O)(CCC)CNC(=NCc1ccc(OC)c(OC)c1OC)NCC. The summed E-state index contributed by atoms with van der Waals surface area (Å²) < 4.78 is 16.3. The number of hydrogen-bond acceptors (Lipinski definition) is 5. The Kier molecular flexibility index (Phi) is 10.5. The minimum atomic E-state index is -0.722. The molecule has 28 heavy (non-hydrogen) atoms. The van der Waals surface area contributed by atoms with Gasteiger partial charge in [-0.05, 0) is 31.9 Å². The number of guanidine groups is 1. The van der Waals surface area contributed by atoms with Crippen molar-refractivity contribution in [1.82, 2.24) is 10.6 Å². The van der Waals surface area contributed by atoms with Crippen LogP contribution in [-0.2, 0) is 6.54 Å². The van der Waals surface area contributed by atoms with Gasteiger partial charge in [0.1, 0.15) is 0 Å². The van der Waals surface area contributed by atoms with E-state index in [1.54, 1.807) is 21.3 Å². The van der Waals surface area contributed by atoms with Crippen molar-refractivity contribution >= 4 is 5.96 Å². The first-order valence-corrected chi connectivity index (χ1v) is 10.0. The summed E-state index contributed by atoms with van der Waals surface area (Å²) in [5.74, 6) is 2.43. The smallest absolute Gasteiger partial charge is 0.203 e. The van der Waals surface area contributed by atoms with Crippen LogP contribution < -0.4 is 24.8 Å². The highest BCUT2D eigenvalue weighted by atomic mass is 16.5. The molecule has 0 spiro atoms. The average Bonchev–Trinajstić information content (AvgIpc) is 2.69. The zero-order valence-corrected chi connectivity index (χ0v) is 18.2. The molecule has 0 saturated heterocycles. The lowest BCUT2D eigenvalue weighted by Gasteiger charge is -2.28. The Balaban J connectivity index is 2.98. The van der Waals surface area contributed by atoms with Crippen molar-refractivity contribution in [2.24, 2.45) is 4.99 Å². The topological polar surface area (TPSA) is 84.3 Å². The summed E-state index contributed by atoms with van der Waals surface area (Å²) >= 11 is 0. The van der Waals surface area contributed by atoms with E-state index >= 15 is 0 Å². The van der Waals surface area contributed by atoms with Gasteiger partial charge < -0.3 is 30.0 Å². The molecule has 0 aliphatic rings. The lowest BCUT2D eigenvalue weighted by atomic mass is 9.93. The van der Waals surface area contributed by atoms with Gasteiger partial charge in [0.05, 0.1) is 33.5 Å². The van der Waals surface area contributed by atoms with Crippen LogP contribution in [0.2, 0.25) is 0 Å². The number of nitrogens with one attached hydrogen (secondary N) is 2. The Bertz CT molecular complexity index is 614. The molecule has 0 saturated carbocycles. The van der Waals surface area contributed by atoms with E-state index in [1.807, 2.05) is 19.1 Å². The largest absolute Gasteiger partial charge is 0.493 e. The summed E-state index contributed by atoms with van der Waals surface area (Å²) in [6, 6.07) is 3.76. The van der Waals surface area contributed by atoms with Crippen LogP contribution in [0.5, 0.6) is 17.2 Å². The molecule has 0 heterocycles. The zero-order valence-electron chi connectivity index (χ0n) is 18.2. The molecule has 1 rings (SSSR count). The molecular formula is C21H37N3O4.